The fourth-order valence-corrected chi connectivity index (χ4v) is 1.75. The average Bonchev–Trinajstić information content (AvgIpc) is 2.07. The minimum absolute atomic E-state index is 0.383. The maximum atomic E-state index is 13.0. The lowest BCUT2D eigenvalue weighted by molar-refractivity contribution is 0.367. The van der Waals surface area contributed by atoms with Crippen molar-refractivity contribution in [2.45, 2.75) is 4.90 Å². The first-order chi connectivity index (χ1) is 6.38. The molecule has 1 rings (SSSR count). The molecule has 14 heavy (non-hydrogen) atoms. The molecule has 0 unspecified atom stereocenters. The third kappa shape index (κ3) is 1.96. The van der Waals surface area contributed by atoms with E-state index in [0.717, 1.165) is 19.2 Å². The molecule has 0 amide bonds. The molecule has 0 saturated heterocycles. The summed E-state index contributed by atoms with van der Waals surface area (Å²) in [4.78, 5) is -0.905. The van der Waals surface area contributed by atoms with Crippen LogP contribution in [0.2, 0.25) is 0 Å². The summed E-state index contributed by atoms with van der Waals surface area (Å²) < 4.78 is 51.9. The van der Waals surface area contributed by atoms with E-state index in [0.29, 0.717) is 0 Å². The van der Waals surface area contributed by atoms with Crippen LogP contribution in [0.3, 0.4) is 0 Å². The van der Waals surface area contributed by atoms with Gasteiger partial charge in [0.05, 0.1) is 7.11 Å². The highest BCUT2D eigenvalue weighted by molar-refractivity contribution is 8.13. The summed E-state index contributed by atoms with van der Waals surface area (Å²) in [5.74, 6) is -3.31. The average molecular weight is 243 g/mol. The number of methoxy groups -OCH3 is 1. The van der Waals surface area contributed by atoms with Crippen molar-refractivity contribution in [1.29, 1.82) is 0 Å². The van der Waals surface area contributed by atoms with E-state index in [1.165, 1.54) is 0 Å². The third-order valence-corrected chi connectivity index (χ3v) is 2.83. The largest absolute Gasteiger partial charge is 0.494 e. The fraction of sp³-hybridized carbons (Fsp3) is 0.143. The Morgan fingerprint density at radius 1 is 1.29 bits per heavy atom. The zero-order valence-electron chi connectivity index (χ0n) is 6.92. The van der Waals surface area contributed by atoms with Gasteiger partial charge < -0.3 is 4.74 Å². The first kappa shape index (κ1) is 11.2. The number of benzene rings is 1. The summed E-state index contributed by atoms with van der Waals surface area (Å²) >= 11 is 0. The van der Waals surface area contributed by atoms with Crippen LogP contribution >= 0.6 is 10.7 Å². The van der Waals surface area contributed by atoms with Crippen molar-refractivity contribution in [1.82, 2.24) is 0 Å². The number of ether oxygens (including phenoxy) is 1. The summed E-state index contributed by atoms with van der Waals surface area (Å²) in [6, 6.07) is 1.81. The highest BCUT2D eigenvalue weighted by Crippen LogP contribution is 2.26. The molecule has 7 heteroatoms. The fourth-order valence-electron chi connectivity index (χ4n) is 0.860. The molecule has 78 valence electrons. The second-order valence-electron chi connectivity index (χ2n) is 2.33. The second kappa shape index (κ2) is 3.70. The maximum absolute atomic E-state index is 13.0. The van der Waals surface area contributed by atoms with Gasteiger partial charge in [0.1, 0.15) is 4.90 Å². The molecular weight excluding hydrogens is 238 g/mol. The number of hydrogen-bond acceptors (Lipinski definition) is 3. The molecule has 0 atom stereocenters. The van der Waals surface area contributed by atoms with Gasteiger partial charge in [0.2, 0.25) is 5.82 Å². The molecule has 0 aliphatic heterocycles. The number of hydrogen-bond donors (Lipinski definition) is 0. The van der Waals surface area contributed by atoms with Crippen LogP contribution in [0.15, 0.2) is 17.0 Å². The van der Waals surface area contributed by atoms with E-state index < -0.39 is 25.6 Å². The topological polar surface area (TPSA) is 43.4 Å². The molecule has 0 bridgehead atoms. The van der Waals surface area contributed by atoms with Gasteiger partial charge in [-0.2, -0.15) is 4.39 Å². The Kier molecular flexibility index (Phi) is 2.96. The molecule has 0 radical (unpaired) electrons. The van der Waals surface area contributed by atoms with Crippen molar-refractivity contribution in [3.63, 3.8) is 0 Å². The monoisotopic (exact) mass is 242 g/mol. The Bertz CT molecular complexity index is 458. The molecule has 0 saturated carbocycles. The van der Waals surface area contributed by atoms with Crippen LogP contribution in [0.25, 0.3) is 0 Å². The maximum Gasteiger partial charge on any atom is 0.264 e. The van der Waals surface area contributed by atoms with Gasteiger partial charge in [0.15, 0.2) is 11.6 Å². The molecule has 1 aromatic rings. The molecule has 0 aliphatic carbocycles. The SMILES string of the molecule is COc1ccc(S(=O)(=O)Cl)c(F)c1F. The molecular formula is C7H5ClF2O3S. The van der Waals surface area contributed by atoms with Crippen LogP contribution in [0.5, 0.6) is 5.75 Å². The van der Waals surface area contributed by atoms with E-state index in [2.05, 4.69) is 4.74 Å². The van der Waals surface area contributed by atoms with Crippen LogP contribution < -0.4 is 4.74 Å². The van der Waals surface area contributed by atoms with Gasteiger partial charge in [-0.05, 0) is 12.1 Å². The first-order valence-corrected chi connectivity index (χ1v) is 5.65. The number of halogens is 3. The number of rotatable bonds is 2. The van der Waals surface area contributed by atoms with Crippen molar-refractivity contribution < 1.29 is 21.9 Å². The lowest BCUT2D eigenvalue weighted by Gasteiger charge is -2.04. The Hall–Kier alpha value is -0.880. The van der Waals surface area contributed by atoms with E-state index >= 15 is 0 Å². The predicted molar refractivity (Wildman–Crippen MR) is 45.9 cm³/mol. The van der Waals surface area contributed by atoms with Crippen molar-refractivity contribution in [3.05, 3.63) is 23.8 Å². The van der Waals surface area contributed by atoms with Crippen molar-refractivity contribution in [3.8, 4) is 5.75 Å². The molecule has 0 heterocycles. The summed E-state index contributed by atoms with van der Waals surface area (Å²) in [5, 5.41) is 0. The van der Waals surface area contributed by atoms with Crippen LogP contribution in [-0.2, 0) is 9.05 Å². The molecule has 0 spiro atoms. The highest BCUT2D eigenvalue weighted by atomic mass is 35.7. The molecule has 1 aromatic carbocycles. The normalized spacial score (nSPS) is 11.4. The highest BCUT2D eigenvalue weighted by Gasteiger charge is 2.21. The van der Waals surface area contributed by atoms with Gasteiger partial charge in [-0.1, -0.05) is 0 Å². The van der Waals surface area contributed by atoms with Crippen LogP contribution in [-0.4, -0.2) is 15.5 Å². The molecule has 0 aliphatic rings. The van der Waals surface area contributed by atoms with E-state index in [9.17, 15) is 17.2 Å². The lowest BCUT2D eigenvalue weighted by Crippen LogP contribution is -2.00. The second-order valence-corrected chi connectivity index (χ2v) is 4.87. The summed E-state index contributed by atoms with van der Waals surface area (Å²) in [6.07, 6.45) is 0. The van der Waals surface area contributed by atoms with Gasteiger partial charge in [0, 0.05) is 10.7 Å². The van der Waals surface area contributed by atoms with Crippen LogP contribution in [0.1, 0.15) is 0 Å². The van der Waals surface area contributed by atoms with E-state index in [-0.39, 0.29) is 5.75 Å². The molecule has 0 aromatic heterocycles. The lowest BCUT2D eigenvalue weighted by atomic mass is 10.3. The van der Waals surface area contributed by atoms with Crippen molar-refractivity contribution >= 4 is 19.7 Å². The van der Waals surface area contributed by atoms with Crippen molar-refractivity contribution in [2.75, 3.05) is 7.11 Å². The van der Waals surface area contributed by atoms with Gasteiger partial charge >= 0.3 is 0 Å². The standard InChI is InChI=1S/C7H5ClF2O3S/c1-13-4-2-3-5(14(8,11)12)7(10)6(4)9/h2-3H,1H3. The Morgan fingerprint density at radius 3 is 2.29 bits per heavy atom. The van der Waals surface area contributed by atoms with E-state index in [4.69, 9.17) is 10.7 Å². The smallest absolute Gasteiger partial charge is 0.264 e. The molecule has 0 N–H and O–H groups in total. The van der Waals surface area contributed by atoms with E-state index in [1.807, 2.05) is 0 Å². The Balaban J connectivity index is 3.47. The molecule has 0 fully saturated rings. The summed E-state index contributed by atoms with van der Waals surface area (Å²) in [5.41, 5.74) is 0. The predicted octanol–water partition coefficient (Wildman–Crippen LogP) is 1.90. The minimum atomic E-state index is -4.28. The quantitative estimate of drug-likeness (QED) is 0.744. The van der Waals surface area contributed by atoms with Crippen molar-refractivity contribution in [2.24, 2.45) is 0 Å². The molecule has 3 nitrogen and oxygen atoms in total. The van der Waals surface area contributed by atoms with E-state index in [1.54, 1.807) is 0 Å². The minimum Gasteiger partial charge on any atom is -0.494 e. The van der Waals surface area contributed by atoms with Gasteiger partial charge in [-0.3, -0.25) is 0 Å². The Morgan fingerprint density at radius 2 is 1.86 bits per heavy atom. The van der Waals surface area contributed by atoms with Gasteiger partial charge in [-0.15, -0.1) is 0 Å². The summed E-state index contributed by atoms with van der Waals surface area (Å²) in [6.45, 7) is 0. The summed E-state index contributed by atoms with van der Waals surface area (Å²) in [7, 11) is 1.71. The van der Waals surface area contributed by atoms with Crippen LogP contribution in [0, 0.1) is 11.6 Å². The zero-order valence-corrected chi connectivity index (χ0v) is 8.49. The van der Waals surface area contributed by atoms with Crippen LogP contribution in [0.4, 0.5) is 8.78 Å². The zero-order chi connectivity index (χ0) is 10.9. The van der Waals surface area contributed by atoms with Gasteiger partial charge in [0.25, 0.3) is 9.05 Å². The first-order valence-electron chi connectivity index (χ1n) is 3.34. The van der Waals surface area contributed by atoms with Gasteiger partial charge in [-0.25, -0.2) is 12.8 Å². The third-order valence-electron chi connectivity index (χ3n) is 1.49. The Labute approximate surface area is 83.7 Å².